The van der Waals surface area contributed by atoms with Gasteiger partial charge in [0.15, 0.2) is 0 Å². The van der Waals surface area contributed by atoms with Gasteiger partial charge in [0.25, 0.3) is 0 Å². The molecule has 0 aromatic rings. The van der Waals surface area contributed by atoms with Crippen molar-refractivity contribution in [2.45, 2.75) is 86.6 Å². The van der Waals surface area contributed by atoms with Gasteiger partial charge in [0.05, 0.1) is 0 Å². The minimum Gasteiger partial charge on any atom is -0.301 e. The van der Waals surface area contributed by atoms with Crippen LogP contribution < -0.4 is 0 Å². The molecule has 102 valence electrons. The highest BCUT2D eigenvalue weighted by molar-refractivity contribution is 4.89. The van der Waals surface area contributed by atoms with Crippen LogP contribution in [0.1, 0.15) is 81.1 Å². The SMILES string of the molecule is CC.CC.CC.CCCC1(C)CCCN1C. The summed E-state index contributed by atoms with van der Waals surface area (Å²) in [7, 11) is 2.25. The normalized spacial score (nSPS) is 23.1. The summed E-state index contributed by atoms with van der Waals surface area (Å²) >= 11 is 0. The van der Waals surface area contributed by atoms with Crippen molar-refractivity contribution in [3.8, 4) is 0 Å². The van der Waals surface area contributed by atoms with Gasteiger partial charge in [-0.25, -0.2) is 0 Å². The molecule has 1 nitrogen and oxygen atoms in total. The van der Waals surface area contributed by atoms with E-state index in [2.05, 4.69) is 25.8 Å². The minimum absolute atomic E-state index is 0.536. The quantitative estimate of drug-likeness (QED) is 0.619. The zero-order valence-electron chi connectivity index (χ0n) is 13.5. The first-order valence-electron chi connectivity index (χ1n) is 7.40. The lowest BCUT2D eigenvalue weighted by Crippen LogP contribution is -2.37. The molecule has 1 heteroatoms. The molecule has 16 heavy (non-hydrogen) atoms. The Kier molecular flexibility index (Phi) is 19.9. The van der Waals surface area contributed by atoms with Crippen molar-refractivity contribution in [3.05, 3.63) is 0 Å². The molecule has 0 aromatic heterocycles. The van der Waals surface area contributed by atoms with Crippen molar-refractivity contribution in [2.75, 3.05) is 13.6 Å². The average molecular weight is 231 g/mol. The fourth-order valence-electron chi connectivity index (χ4n) is 2.01. The van der Waals surface area contributed by atoms with E-state index >= 15 is 0 Å². The Morgan fingerprint density at radius 2 is 1.44 bits per heavy atom. The third-order valence-electron chi connectivity index (χ3n) is 2.92. The van der Waals surface area contributed by atoms with Gasteiger partial charge in [-0.15, -0.1) is 0 Å². The number of likely N-dealkylation sites (tertiary alicyclic amines) is 1. The lowest BCUT2D eigenvalue weighted by molar-refractivity contribution is 0.181. The van der Waals surface area contributed by atoms with Crippen LogP contribution in [0.15, 0.2) is 0 Å². The van der Waals surface area contributed by atoms with Crippen LogP contribution in [0.3, 0.4) is 0 Å². The maximum atomic E-state index is 2.51. The first-order valence-corrected chi connectivity index (χ1v) is 7.40. The topological polar surface area (TPSA) is 3.24 Å². The number of rotatable bonds is 2. The van der Waals surface area contributed by atoms with Crippen LogP contribution >= 0.6 is 0 Å². The van der Waals surface area contributed by atoms with E-state index in [9.17, 15) is 0 Å². The largest absolute Gasteiger partial charge is 0.301 e. The second-order valence-corrected chi connectivity index (χ2v) is 3.77. The summed E-state index contributed by atoms with van der Waals surface area (Å²) in [5.74, 6) is 0. The Hall–Kier alpha value is -0.0400. The van der Waals surface area contributed by atoms with Crippen LogP contribution in [-0.2, 0) is 0 Å². The fourth-order valence-corrected chi connectivity index (χ4v) is 2.01. The standard InChI is InChI=1S/C9H19N.3C2H6/c1-4-6-9(2)7-5-8-10(9)3;3*1-2/h4-8H2,1-3H3;3*1-2H3. The lowest BCUT2D eigenvalue weighted by Gasteiger charge is -2.31. The second-order valence-electron chi connectivity index (χ2n) is 3.77. The van der Waals surface area contributed by atoms with Gasteiger partial charge in [-0.3, -0.25) is 0 Å². The van der Waals surface area contributed by atoms with Crippen LogP contribution in [0.2, 0.25) is 0 Å². The summed E-state index contributed by atoms with van der Waals surface area (Å²) in [5.41, 5.74) is 0.536. The summed E-state index contributed by atoms with van der Waals surface area (Å²) in [6.45, 7) is 18.0. The van der Waals surface area contributed by atoms with E-state index < -0.39 is 0 Å². The molecule has 1 atom stereocenters. The van der Waals surface area contributed by atoms with Crippen LogP contribution in [0.4, 0.5) is 0 Å². The van der Waals surface area contributed by atoms with E-state index in [0.717, 1.165) is 0 Å². The van der Waals surface area contributed by atoms with E-state index in [1.165, 1.54) is 32.2 Å². The van der Waals surface area contributed by atoms with Crippen molar-refractivity contribution < 1.29 is 0 Å². The summed E-state index contributed by atoms with van der Waals surface area (Å²) in [4.78, 5) is 2.51. The molecule has 0 amide bonds. The molecule has 1 saturated heterocycles. The van der Waals surface area contributed by atoms with Crippen molar-refractivity contribution >= 4 is 0 Å². The van der Waals surface area contributed by atoms with E-state index in [4.69, 9.17) is 0 Å². The maximum Gasteiger partial charge on any atom is 0.0178 e. The van der Waals surface area contributed by atoms with Gasteiger partial charge in [0, 0.05) is 5.54 Å². The molecule has 1 aliphatic rings. The average Bonchev–Trinajstić information content (AvgIpc) is 2.68. The molecular weight excluding hydrogens is 194 g/mol. The van der Waals surface area contributed by atoms with Crippen LogP contribution in [0.25, 0.3) is 0 Å². The van der Waals surface area contributed by atoms with E-state index in [1.54, 1.807) is 0 Å². The Labute approximate surface area is 106 Å². The molecule has 0 N–H and O–H groups in total. The van der Waals surface area contributed by atoms with Crippen LogP contribution in [0.5, 0.6) is 0 Å². The number of hydrogen-bond donors (Lipinski definition) is 0. The highest BCUT2D eigenvalue weighted by Crippen LogP contribution is 2.30. The summed E-state index contributed by atoms with van der Waals surface area (Å²) in [5, 5.41) is 0. The van der Waals surface area contributed by atoms with E-state index in [0.29, 0.717) is 5.54 Å². The zero-order chi connectivity index (χ0) is 13.6. The highest BCUT2D eigenvalue weighted by atomic mass is 15.2. The molecule has 1 heterocycles. The van der Waals surface area contributed by atoms with Crippen LogP contribution in [-0.4, -0.2) is 24.0 Å². The second kappa shape index (κ2) is 15.0. The summed E-state index contributed by atoms with van der Waals surface area (Å²) < 4.78 is 0. The molecule has 1 unspecified atom stereocenters. The molecular formula is C15H37N. The highest BCUT2D eigenvalue weighted by Gasteiger charge is 2.32. The van der Waals surface area contributed by atoms with Gasteiger partial charge in [0.2, 0.25) is 0 Å². The number of nitrogens with zero attached hydrogens (tertiary/aromatic N) is 1. The van der Waals surface area contributed by atoms with Crippen LogP contribution in [0, 0.1) is 0 Å². The Morgan fingerprint density at radius 1 is 1.00 bits per heavy atom. The van der Waals surface area contributed by atoms with Gasteiger partial charge in [-0.05, 0) is 39.8 Å². The molecule has 0 radical (unpaired) electrons. The van der Waals surface area contributed by atoms with Gasteiger partial charge in [-0.2, -0.15) is 0 Å². The summed E-state index contributed by atoms with van der Waals surface area (Å²) in [6, 6.07) is 0. The molecule has 0 spiro atoms. The maximum absolute atomic E-state index is 2.51. The minimum atomic E-state index is 0.536. The van der Waals surface area contributed by atoms with Gasteiger partial charge >= 0.3 is 0 Å². The van der Waals surface area contributed by atoms with Gasteiger partial charge < -0.3 is 4.90 Å². The van der Waals surface area contributed by atoms with E-state index in [-0.39, 0.29) is 0 Å². The first kappa shape index (κ1) is 21.3. The molecule has 0 bridgehead atoms. The Bertz CT molecular complexity index is 112. The van der Waals surface area contributed by atoms with Crippen molar-refractivity contribution in [3.63, 3.8) is 0 Å². The van der Waals surface area contributed by atoms with Crippen molar-refractivity contribution in [1.29, 1.82) is 0 Å². The monoisotopic (exact) mass is 231 g/mol. The molecule has 1 aliphatic heterocycles. The molecule has 0 aromatic carbocycles. The summed E-state index contributed by atoms with van der Waals surface area (Å²) in [6.07, 6.45) is 5.48. The predicted octanol–water partition coefficient (Wildman–Crippen LogP) is 5.35. The first-order chi connectivity index (χ1) is 7.69. The smallest absolute Gasteiger partial charge is 0.0178 e. The molecule has 1 rings (SSSR count). The molecule has 1 fully saturated rings. The Balaban J connectivity index is -0.000000245. The molecule has 0 aliphatic carbocycles. The van der Waals surface area contributed by atoms with Gasteiger partial charge in [-0.1, -0.05) is 54.9 Å². The third-order valence-corrected chi connectivity index (χ3v) is 2.92. The lowest BCUT2D eigenvalue weighted by atomic mass is 9.94. The van der Waals surface area contributed by atoms with Crippen molar-refractivity contribution in [2.24, 2.45) is 0 Å². The van der Waals surface area contributed by atoms with Crippen molar-refractivity contribution in [1.82, 2.24) is 4.90 Å². The predicted molar refractivity (Wildman–Crippen MR) is 79.2 cm³/mol. The van der Waals surface area contributed by atoms with E-state index in [1.807, 2.05) is 41.5 Å². The zero-order valence-corrected chi connectivity index (χ0v) is 13.5. The molecule has 0 saturated carbocycles. The van der Waals surface area contributed by atoms with Gasteiger partial charge in [0.1, 0.15) is 0 Å². The third kappa shape index (κ3) is 8.15. The Morgan fingerprint density at radius 3 is 1.69 bits per heavy atom. The number of hydrogen-bond acceptors (Lipinski definition) is 1. The fraction of sp³-hybridized carbons (Fsp3) is 1.00.